The fourth-order valence-electron chi connectivity index (χ4n) is 2.32. The molecule has 0 aliphatic rings. The van der Waals surface area contributed by atoms with Crippen LogP contribution in [0.5, 0.6) is 0 Å². The number of hydrogen-bond acceptors (Lipinski definition) is 4. The van der Waals surface area contributed by atoms with Gasteiger partial charge in [0.15, 0.2) is 5.76 Å². The summed E-state index contributed by atoms with van der Waals surface area (Å²) in [5.74, 6) is 0.0505. The molecule has 0 radical (unpaired) electrons. The second kappa shape index (κ2) is 6.78. The summed E-state index contributed by atoms with van der Waals surface area (Å²) in [5, 5.41) is 13.8. The van der Waals surface area contributed by atoms with Gasteiger partial charge in [0.25, 0.3) is 11.6 Å². The number of rotatable bonds is 4. The number of nitrogens with zero attached hydrogens (tertiary/aromatic N) is 1. The van der Waals surface area contributed by atoms with Crippen LogP contribution in [0.25, 0.3) is 11.3 Å². The highest BCUT2D eigenvalue weighted by Crippen LogP contribution is 2.31. The average Bonchev–Trinajstić information content (AvgIpc) is 3.07. The van der Waals surface area contributed by atoms with Gasteiger partial charge in [0, 0.05) is 17.3 Å². The Morgan fingerprint density at radius 1 is 1.16 bits per heavy atom. The van der Waals surface area contributed by atoms with Crippen molar-refractivity contribution in [2.75, 3.05) is 5.32 Å². The van der Waals surface area contributed by atoms with Crippen molar-refractivity contribution in [3.8, 4) is 11.3 Å². The number of para-hydroxylation sites is 1. The number of amides is 1. The Bertz CT molecular complexity index is 965. The number of carbonyl (C=O) groups is 1. The highest BCUT2D eigenvalue weighted by atomic mass is 35.5. The van der Waals surface area contributed by atoms with Gasteiger partial charge in [-0.2, -0.15) is 0 Å². The van der Waals surface area contributed by atoms with Crippen LogP contribution in [0.4, 0.5) is 11.4 Å². The fourth-order valence-corrected chi connectivity index (χ4v) is 2.50. The molecule has 25 heavy (non-hydrogen) atoms. The molecular weight excluding hydrogens is 344 g/mol. The zero-order valence-electron chi connectivity index (χ0n) is 13.2. The minimum atomic E-state index is -0.569. The molecule has 1 aromatic heterocycles. The van der Waals surface area contributed by atoms with Crippen molar-refractivity contribution >= 4 is 28.9 Å². The van der Waals surface area contributed by atoms with E-state index in [1.165, 1.54) is 18.2 Å². The van der Waals surface area contributed by atoms with Crippen molar-refractivity contribution in [1.29, 1.82) is 0 Å². The number of nitro benzene ring substituents is 1. The van der Waals surface area contributed by atoms with Gasteiger partial charge >= 0.3 is 0 Å². The van der Waals surface area contributed by atoms with E-state index in [2.05, 4.69) is 5.32 Å². The van der Waals surface area contributed by atoms with Crippen LogP contribution >= 0.6 is 11.6 Å². The van der Waals surface area contributed by atoms with Gasteiger partial charge in [0.2, 0.25) is 0 Å². The SMILES string of the molecule is Cc1ccccc1NC(=O)c1ccc(-c2ccc(Cl)c([N+](=O)[O-])c2)o1. The Morgan fingerprint density at radius 2 is 1.92 bits per heavy atom. The van der Waals surface area contributed by atoms with E-state index in [4.69, 9.17) is 16.0 Å². The van der Waals surface area contributed by atoms with E-state index in [1.807, 2.05) is 25.1 Å². The van der Waals surface area contributed by atoms with E-state index in [-0.39, 0.29) is 16.5 Å². The molecule has 126 valence electrons. The van der Waals surface area contributed by atoms with Crippen molar-refractivity contribution in [3.63, 3.8) is 0 Å². The lowest BCUT2D eigenvalue weighted by Gasteiger charge is -2.06. The predicted molar refractivity (Wildman–Crippen MR) is 94.9 cm³/mol. The second-order valence-corrected chi connectivity index (χ2v) is 5.76. The Hall–Kier alpha value is -3.12. The van der Waals surface area contributed by atoms with Crippen LogP contribution in [-0.4, -0.2) is 10.8 Å². The first-order valence-corrected chi connectivity index (χ1v) is 7.74. The summed E-state index contributed by atoms with van der Waals surface area (Å²) >= 11 is 5.80. The third-order valence-electron chi connectivity index (χ3n) is 3.65. The predicted octanol–water partition coefficient (Wildman–Crippen LogP) is 5.07. The summed E-state index contributed by atoms with van der Waals surface area (Å²) in [4.78, 5) is 22.7. The summed E-state index contributed by atoms with van der Waals surface area (Å²) < 4.78 is 5.54. The molecule has 0 aliphatic heterocycles. The molecule has 1 heterocycles. The Balaban J connectivity index is 1.85. The molecule has 0 atom stereocenters. The summed E-state index contributed by atoms with van der Waals surface area (Å²) in [7, 11) is 0. The molecule has 1 N–H and O–H groups in total. The van der Waals surface area contributed by atoms with Gasteiger partial charge < -0.3 is 9.73 Å². The summed E-state index contributed by atoms with van der Waals surface area (Å²) in [6.07, 6.45) is 0. The van der Waals surface area contributed by atoms with Crippen LogP contribution in [0.1, 0.15) is 16.1 Å². The number of nitro groups is 1. The lowest BCUT2D eigenvalue weighted by molar-refractivity contribution is -0.384. The zero-order valence-corrected chi connectivity index (χ0v) is 13.9. The van der Waals surface area contributed by atoms with Gasteiger partial charge in [-0.1, -0.05) is 29.8 Å². The molecule has 0 bridgehead atoms. The van der Waals surface area contributed by atoms with Crippen LogP contribution in [0, 0.1) is 17.0 Å². The number of halogens is 1. The smallest absolute Gasteiger partial charge is 0.291 e. The van der Waals surface area contributed by atoms with E-state index >= 15 is 0 Å². The number of carbonyl (C=O) groups excluding carboxylic acids is 1. The number of aryl methyl sites for hydroxylation is 1. The third kappa shape index (κ3) is 3.54. The van der Waals surface area contributed by atoms with Gasteiger partial charge in [-0.3, -0.25) is 14.9 Å². The fraction of sp³-hybridized carbons (Fsp3) is 0.0556. The van der Waals surface area contributed by atoms with E-state index in [1.54, 1.807) is 18.2 Å². The standard InChI is InChI=1S/C18H13ClN2O4/c1-11-4-2-3-5-14(11)20-18(22)17-9-8-16(25-17)12-6-7-13(19)15(10-12)21(23)24/h2-10H,1H3,(H,20,22). The van der Waals surface area contributed by atoms with Crippen molar-refractivity contribution in [2.24, 2.45) is 0 Å². The number of hydrogen-bond donors (Lipinski definition) is 1. The number of anilines is 1. The Morgan fingerprint density at radius 3 is 2.64 bits per heavy atom. The van der Waals surface area contributed by atoms with Crippen LogP contribution in [0.2, 0.25) is 5.02 Å². The van der Waals surface area contributed by atoms with E-state index in [9.17, 15) is 14.9 Å². The van der Waals surface area contributed by atoms with Gasteiger partial charge in [-0.05, 0) is 42.8 Å². The third-order valence-corrected chi connectivity index (χ3v) is 3.97. The van der Waals surface area contributed by atoms with Gasteiger partial charge in [-0.25, -0.2) is 0 Å². The molecule has 0 fully saturated rings. The summed E-state index contributed by atoms with van der Waals surface area (Å²) in [6.45, 7) is 1.88. The Labute approximate surface area is 148 Å². The maximum absolute atomic E-state index is 12.3. The van der Waals surface area contributed by atoms with Crippen molar-refractivity contribution in [2.45, 2.75) is 6.92 Å². The molecule has 0 spiro atoms. The lowest BCUT2D eigenvalue weighted by Crippen LogP contribution is -2.11. The van der Waals surface area contributed by atoms with Gasteiger partial charge in [-0.15, -0.1) is 0 Å². The van der Waals surface area contributed by atoms with Crippen LogP contribution in [0.15, 0.2) is 59.0 Å². The van der Waals surface area contributed by atoms with E-state index < -0.39 is 10.8 Å². The van der Waals surface area contributed by atoms with Crippen LogP contribution in [0.3, 0.4) is 0 Å². The first kappa shape index (κ1) is 16.7. The first-order chi connectivity index (χ1) is 12.0. The molecule has 3 rings (SSSR count). The molecule has 1 amide bonds. The minimum Gasteiger partial charge on any atom is -0.451 e. The molecule has 3 aromatic rings. The van der Waals surface area contributed by atoms with E-state index in [0.29, 0.717) is 17.0 Å². The normalized spacial score (nSPS) is 10.5. The van der Waals surface area contributed by atoms with Crippen molar-refractivity contribution < 1.29 is 14.1 Å². The molecule has 2 aromatic carbocycles. The molecular formula is C18H13ClN2O4. The second-order valence-electron chi connectivity index (χ2n) is 5.36. The van der Waals surface area contributed by atoms with Gasteiger partial charge in [0.05, 0.1) is 4.92 Å². The van der Waals surface area contributed by atoms with Crippen molar-refractivity contribution in [1.82, 2.24) is 0 Å². The maximum Gasteiger partial charge on any atom is 0.291 e. The zero-order chi connectivity index (χ0) is 18.0. The lowest BCUT2D eigenvalue weighted by atomic mass is 10.1. The van der Waals surface area contributed by atoms with E-state index in [0.717, 1.165) is 5.56 Å². The minimum absolute atomic E-state index is 0.0397. The molecule has 0 aliphatic carbocycles. The highest BCUT2D eigenvalue weighted by molar-refractivity contribution is 6.32. The van der Waals surface area contributed by atoms with Crippen LogP contribution in [-0.2, 0) is 0 Å². The monoisotopic (exact) mass is 356 g/mol. The first-order valence-electron chi connectivity index (χ1n) is 7.37. The number of furan rings is 1. The quantitative estimate of drug-likeness (QED) is 0.522. The van der Waals surface area contributed by atoms with Crippen LogP contribution < -0.4 is 5.32 Å². The molecule has 6 nitrogen and oxygen atoms in total. The summed E-state index contributed by atoms with van der Waals surface area (Å²) in [5.41, 5.74) is 1.86. The molecule has 0 unspecified atom stereocenters. The average molecular weight is 357 g/mol. The molecule has 0 saturated heterocycles. The number of nitrogens with one attached hydrogen (secondary N) is 1. The topological polar surface area (TPSA) is 85.4 Å². The van der Waals surface area contributed by atoms with Crippen molar-refractivity contribution in [3.05, 3.63) is 81.1 Å². The molecule has 7 heteroatoms. The summed E-state index contributed by atoms with van der Waals surface area (Å²) in [6, 6.07) is 14.8. The maximum atomic E-state index is 12.3. The number of benzene rings is 2. The Kier molecular flexibility index (Phi) is 4.54. The highest BCUT2D eigenvalue weighted by Gasteiger charge is 2.17. The molecule has 0 saturated carbocycles. The van der Waals surface area contributed by atoms with Gasteiger partial charge in [0.1, 0.15) is 10.8 Å². The largest absolute Gasteiger partial charge is 0.451 e.